The number of hydrogen-bond acceptors (Lipinski definition) is 2. The summed E-state index contributed by atoms with van der Waals surface area (Å²) in [7, 11) is -1.71. The average molecular weight is 253 g/mol. The maximum absolute atomic E-state index is 12.6. The molecule has 0 radical (unpaired) electrons. The van der Waals surface area contributed by atoms with Gasteiger partial charge in [-0.25, -0.2) is 12.7 Å². The predicted octanol–water partition coefficient (Wildman–Crippen LogP) is 1.96. The van der Waals surface area contributed by atoms with Gasteiger partial charge in [-0.15, -0.1) is 0 Å². The minimum absolute atomic E-state index is 0.729. The first-order valence-electron chi connectivity index (χ1n) is 4.26. The zero-order chi connectivity index (χ0) is 12.6. The molecule has 0 bridgehead atoms. The number of hydrogen-bond donors (Lipinski definition) is 0. The molecule has 16 heavy (non-hydrogen) atoms. The van der Waals surface area contributed by atoms with Crippen LogP contribution in [0.1, 0.15) is 5.56 Å². The van der Waals surface area contributed by atoms with Gasteiger partial charge in [-0.05, 0) is 12.1 Å². The summed E-state index contributed by atoms with van der Waals surface area (Å²) in [5, 5.41) is 0. The van der Waals surface area contributed by atoms with Gasteiger partial charge < -0.3 is 0 Å². The topological polar surface area (TPSA) is 37.4 Å². The van der Waals surface area contributed by atoms with Crippen molar-refractivity contribution in [3.63, 3.8) is 0 Å². The number of halogens is 3. The Morgan fingerprint density at radius 1 is 1.12 bits per heavy atom. The molecule has 0 saturated heterocycles. The molecule has 0 aromatic heterocycles. The largest absolute Gasteiger partial charge is 0.417 e. The summed E-state index contributed by atoms with van der Waals surface area (Å²) < 4.78 is 61.7. The lowest BCUT2D eigenvalue weighted by molar-refractivity contribution is -0.139. The van der Waals surface area contributed by atoms with Crippen LogP contribution in [0.25, 0.3) is 0 Å². The molecule has 0 aliphatic rings. The Morgan fingerprint density at radius 3 is 2.06 bits per heavy atom. The lowest BCUT2D eigenvalue weighted by Gasteiger charge is -2.16. The molecule has 0 atom stereocenters. The van der Waals surface area contributed by atoms with Crippen LogP contribution >= 0.6 is 0 Å². The van der Waals surface area contributed by atoms with Crippen molar-refractivity contribution in [3.05, 3.63) is 29.8 Å². The normalized spacial score (nSPS) is 13.1. The van der Waals surface area contributed by atoms with E-state index in [1.165, 1.54) is 20.2 Å². The molecule has 7 heteroatoms. The first kappa shape index (κ1) is 13.0. The van der Waals surface area contributed by atoms with Crippen LogP contribution in [0.2, 0.25) is 0 Å². The number of alkyl halides is 3. The van der Waals surface area contributed by atoms with E-state index in [0.717, 1.165) is 22.5 Å². The van der Waals surface area contributed by atoms with Crippen LogP contribution in [0.3, 0.4) is 0 Å². The van der Waals surface area contributed by atoms with Crippen LogP contribution in [0.5, 0.6) is 0 Å². The van der Waals surface area contributed by atoms with Crippen LogP contribution in [-0.4, -0.2) is 26.8 Å². The molecule has 1 aromatic rings. The van der Waals surface area contributed by atoms with E-state index in [1.807, 2.05) is 0 Å². The highest BCUT2D eigenvalue weighted by molar-refractivity contribution is 7.89. The van der Waals surface area contributed by atoms with Crippen molar-refractivity contribution in [1.29, 1.82) is 0 Å². The first-order chi connectivity index (χ1) is 7.17. The first-order valence-corrected chi connectivity index (χ1v) is 5.70. The fourth-order valence-electron chi connectivity index (χ4n) is 1.12. The van der Waals surface area contributed by atoms with Crippen LogP contribution in [0.4, 0.5) is 13.2 Å². The number of rotatable bonds is 2. The summed E-state index contributed by atoms with van der Waals surface area (Å²) in [4.78, 5) is -0.729. The molecule has 0 heterocycles. The number of sulfonamides is 1. The van der Waals surface area contributed by atoms with Gasteiger partial charge in [0.25, 0.3) is 0 Å². The third kappa shape index (κ3) is 2.35. The maximum Gasteiger partial charge on any atom is 0.417 e. The van der Waals surface area contributed by atoms with Crippen molar-refractivity contribution < 1.29 is 21.6 Å². The standard InChI is InChI=1S/C9H10F3NO2S/c1-13(2)16(14,15)8-6-4-3-5-7(8)9(10,11)12/h3-6H,1-2H3. The highest BCUT2D eigenvalue weighted by Gasteiger charge is 2.37. The van der Waals surface area contributed by atoms with E-state index in [9.17, 15) is 21.6 Å². The lowest BCUT2D eigenvalue weighted by atomic mass is 10.2. The highest BCUT2D eigenvalue weighted by Crippen LogP contribution is 2.34. The predicted molar refractivity (Wildman–Crippen MR) is 52.3 cm³/mol. The molecular weight excluding hydrogens is 243 g/mol. The van der Waals surface area contributed by atoms with Crippen LogP contribution in [0, 0.1) is 0 Å². The van der Waals surface area contributed by atoms with E-state index in [1.54, 1.807) is 0 Å². The highest BCUT2D eigenvalue weighted by atomic mass is 32.2. The van der Waals surface area contributed by atoms with Gasteiger partial charge in [-0.2, -0.15) is 13.2 Å². The Morgan fingerprint density at radius 2 is 1.62 bits per heavy atom. The second kappa shape index (κ2) is 4.06. The second-order valence-electron chi connectivity index (χ2n) is 3.28. The zero-order valence-electron chi connectivity index (χ0n) is 8.62. The van der Waals surface area contributed by atoms with Crippen molar-refractivity contribution in [2.75, 3.05) is 14.1 Å². The molecule has 0 fully saturated rings. The maximum atomic E-state index is 12.6. The van der Waals surface area contributed by atoms with E-state index in [2.05, 4.69) is 0 Å². The summed E-state index contributed by atoms with van der Waals surface area (Å²) in [6, 6.07) is 4.09. The van der Waals surface area contributed by atoms with E-state index < -0.39 is 26.7 Å². The molecule has 1 rings (SSSR count). The number of nitrogens with zero attached hydrogens (tertiary/aromatic N) is 1. The van der Waals surface area contributed by atoms with Gasteiger partial charge in [-0.3, -0.25) is 0 Å². The van der Waals surface area contributed by atoms with Crippen molar-refractivity contribution in [1.82, 2.24) is 4.31 Å². The Kier molecular flexibility index (Phi) is 3.30. The van der Waals surface area contributed by atoms with Gasteiger partial charge in [-0.1, -0.05) is 12.1 Å². The molecule has 0 unspecified atom stereocenters. The van der Waals surface area contributed by atoms with E-state index in [-0.39, 0.29) is 0 Å². The minimum Gasteiger partial charge on any atom is -0.207 e. The van der Waals surface area contributed by atoms with E-state index in [0.29, 0.717) is 0 Å². The fourth-order valence-corrected chi connectivity index (χ4v) is 2.23. The molecule has 0 N–H and O–H groups in total. The monoisotopic (exact) mass is 253 g/mol. The summed E-state index contributed by atoms with van der Waals surface area (Å²) in [6.45, 7) is 0. The molecule has 0 aliphatic carbocycles. The summed E-state index contributed by atoms with van der Waals surface area (Å²) >= 11 is 0. The molecule has 90 valence electrons. The Hall–Kier alpha value is -1.08. The third-order valence-electron chi connectivity index (χ3n) is 1.95. The van der Waals surface area contributed by atoms with Crippen molar-refractivity contribution in [2.45, 2.75) is 11.1 Å². The van der Waals surface area contributed by atoms with Gasteiger partial charge >= 0.3 is 6.18 Å². The van der Waals surface area contributed by atoms with Crippen molar-refractivity contribution in [2.24, 2.45) is 0 Å². The van der Waals surface area contributed by atoms with Gasteiger partial charge in [0.2, 0.25) is 10.0 Å². The lowest BCUT2D eigenvalue weighted by Crippen LogP contribution is -2.25. The minimum atomic E-state index is -4.68. The van der Waals surface area contributed by atoms with Crippen LogP contribution in [-0.2, 0) is 16.2 Å². The molecule has 3 nitrogen and oxygen atoms in total. The van der Waals surface area contributed by atoms with Gasteiger partial charge in [0, 0.05) is 14.1 Å². The fraction of sp³-hybridized carbons (Fsp3) is 0.333. The molecule has 0 aliphatic heterocycles. The van der Waals surface area contributed by atoms with Gasteiger partial charge in [0.15, 0.2) is 0 Å². The van der Waals surface area contributed by atoms with Crippen LogP contribution in [0.15, 0.2) is 29.2 Å². The average Bonchev–Trinajstić information content (AvgIpc) is 2.16. The zero-order valence-corrected chi connectivity index (χ0v) is 9.43. The van der Waals surface area contributed by atoms with E-state index in [4.69, 9.17) is 0 Å². The molecule has 0 amide bonds. The molecule has 1 aromatic carbocycles. The Bertz CT molecular complexity index is 480. The Balaban J connectivity index is 3.48. The summed E-state index contributed by atoms with van der Waals surface area (Å²) in [6.07, 6.45) is -4.68. The summed E-state index contributed by atoms with van der Waals surface area (Å²) in [5.41, 5.74) is -1.15. The second-order valence-corrected chi connectivity index (χ2v) is 5.40. The van der Waals surface area contributed by atoms with Crippen LogP contribution < -0.4 is 0 Å². The van der Waals surface area contributed by atoms with Gasteiger partial charge in [0.05, 0.1) is 10.5 Å². The van der Waals surface area contributed by atoms with Crippen molar-refractivity contribution in [3.8, 4) is 0 Å². The number of benzene rings is 1. The molecular formula is C9H10F3NO2S. The van der Waals surface area contributed by atoms with Crippen molar-refractivity contribution >= 4 is 10.0 Å². The Labute approximate surface area is 91.5 Å². The SMILES string of the molecule is CN(C)S(=O)(=O)c1ccccc1C(F)(F)F. The smallest absolute Gasteiger partial charge is 0.207 e. The molecule has 0 saturated carbocycles. The molecule has 0 spiro atoms. The quantitative estimate of drug-likeness (QED) is 0.808. The van der Waals surface area contributed by atoms with Gasteiger partial charge in [0.1, 0.15) is 0 Å². The van der Waals surface area contributed by atoms with E-state index >= 15 is 0 Å². The summed E-state index contributed by atoms with van der Waals surface area (Å²) in [5.74, 6) is 0. The third-order valence-corrected chi connectivity index (χ3v) is 3.82.